The summed E-state index contributed by atoms with van der Waals surface area (Å²) in [5.74, 6) is 1.29. The Labute approximate surface area is 150 Å². The van der Waals surface area contributed by atoms with Gasteiger partial charge in [-0.25, -0.2) is 9.97 Å². The number of phenols is 1. The van der Waals surface area contributed by atoms with Crippen molar-refractivity contribution in [2.45, 2.75) is 64.7 Å². The van der Waals surface area contributed by atoms with E-state index >= 15 is 0 Å². The predicted molar refractivity (Wildman–Crippen MR) is 103 cm³/mol. The molecule has 1 N–H and O–H groups in total. The Morgan fingerprint density at radius 2 is 1.96 bits per heavy atom. The van der Waals surface area contributed by atoms with Crippen LogP contribution in [0.2, 0.25) is 0 Å². The van der Waals surface area contributed by atoms with Crippen molar-refractivity contribution in [2.75, 3.05) is 0 Å². The minimum Gasteiger partial charge on any atom is -0.507 e. The molecule has 1 atom stereocenters. The molecular formula is C22H28N2O. The van der Waals surface area contributed by atoms with E-state index in [4.69, 9.17) is 0 Å². The van der Waals surface area contributed by atoms with Crippen molar-refractivity contribution >= 4 is 0 Å². The Morgan fingerprint density at radius 3 is 2.68 bits per heavy atom. The summed E-state index contributed by atoms with van der Waals surface area (Å²) in [4.78, 5) is 8.83. The van der Waals surface area contributed by atoms with Gasteiger partial charge in [0, 0.05) is 23.9 Å². The fraction of sp³-hybridized carbons (Fsp3) is 0.455. The average molecular weight is 336 g/mol. The van der Waals surface area contributed by atoms with E-state index in [0.717, 1.165) is 36.0 Å². The molecule has 3 heteroatoms. The highest BCUT2D eigenvalue weighted by Crippen LogP contribution is 2.41. The molecule has 0 aliphatic heterocycles. The Bertz CT molecular complexity index is 737. The van der Waals surface area contributed by atoms with E-state index in [1.54, 1.807) is 12.4 Å². The van der Waals surface area contributed by atoms with Crippen LogP contribution in [-0.4, -0.2) is 15.1 Å². The number of allylic oxidation sites excluding steroid dienone is 2. The quantitative estimate of drug-likeness (QED) is 0.536. The monoisotopic (exact) mass is 336 g/mol. The van der Waals surface area contributed by atoms with Gasteiger partial charge in [0.2, 0.25) is 0 Å². The SMILES string of the molecule is CCCCCc1ccc(C2C=C(C)CCC2)c(O)c1-c1ncccn1. The first-order valence-electron chi connectivity index (χ1n) is 9.50. The predicted octanol–water partition coefficient (Wildman–Crippen LogP) is 5.80. The number of aryl methyl sites for hydroxylation is 1. The lowest BCUT2D eigenvalue weighted by atomic mass is 9.83. The molecule has 25 heavy (non-hydrogen) atoms. The highest BCUT2D eigenvalue weighted by atomic mass is 16.3. The van der Waals surface area contributed by atoms with Crippen LogP contribution in [0.15, 0.2) is 42.2 Å². The number of aromatic nitrogens is 2. The number of aromatic hydroxyl groups is 1. The lowest BCUT2D eigenvalue weighted by molar-refractivity contribution is 0.462. The molecule has 132 valence electrons. The molecule has 3 rings (SSSR count). The van der Waals surface area contributed by atoms with Crippen LogP contribution in [0.25, 0.3) is 11.4 Å². The summed E-state index contributed by atoms with van der Waals surface area (Å²) < 4.78 is 0. The lowest BCUT2D eigenvalue weighted by Gasteiger charge is -2.23. The fourth-order valence-electron chi connectivity index (χ4n) is 3.76. The van der Waals surface area contributed by atoms with Crippen molar-refractivity contribution in [2.24, 2.45) is 0 Å². The van der Waals surface area contributed by atoms with Crippen molar-refractivity contribution in [3.05, 3.63) is 53.4 Å². The average Bonchev–Trinajstić information content (AvgIpc) is 2.63. The van der Waals surface area contributed by atoms with E-state index in [1.165, 1.54) is 31.3 Å². The molecule has 1 aromatic heterocycles. The molecule has 0 spiro atoms. The molecule has 0 saturated carbocycles. The van der Waals surface area contributed by atoms with Crippen LogP contribution in [-0.2, 0) is 6.42 Å². The Hall–Kier alpha value is -2.16. The number of rotatable bonds is 6. The molecule has 0 saturated heterocycles. The van der Waals surface area contributed by atoms with E-state index in [0.29, 0.717) is 17.5 Å². The van der Waals surface area contributed by atoms with Crippen LogP contribution < -0.4 is 0 Å². The maximum Gasteiger partial charge on any atom is 0.163 e. The van der Waals surface area contributed by atoms with Crippen LogP contribution in [0.5, 0.6) is 5.75 Å². The van der Waals surface area contributed by atoms with Crippen LogP contribution in [0.4, 0.5) is 0 Å². The van der Waals surface area contributed by atoms with Gasteiger partial charge < -0.3 is 5.11 Å². The van der Waals surface area contributed by atoms with Crippen molar-refractivity contribution < 1.29 is 5.11 Å². The van der Waals surface area contributed by atoms with Gasteiger partial charge in [0.15, 0.2) is 5.82 Å². The maximum atomic E-state index is 11.1. The zero-order chi connectivity index (χ0) is 17.6. The number of nitrogens with zero attached hydrogens (tertiary/aromatic N) is 2. The number of hydrogen-bond acceptors (Lipinski definition) is 3. The molecular weight excluding hydrogens is 308 g/mol. The molecule has 2 aromatic rings. The third-order valence-corrected chi connectivity index (χ3v) is 5.11. The second-order valence-corrected chi connectivity index (χ2v) is 7.08. The highest BCUT2D eigenvalue weighted by molar-refractivity contribution is 5.71. The minimum atomic E-state index is 0.293. The number of benzene rings is 1. The smallest absolute Gasteiger partial charge is 0.163 e. The van der Waals surface area contributed by atoms with E-state index in [1.807, 2.05) is 6.07 Å². The first kappa shape index (κ1) is 17.7. The lowest BCUT2D eigenvalue weighted by Crippen LogP contribution is -2.05. The van der Waals surface area contributed by atoms with Crippen molar-refractivity contribution in [1.82, 2.24) is 9.97 Å². The summed E-state index contributed by atoms with van der Waals surface area (Å²) in [7, 11) is 0. The second-order valence-electron chi connectivity index (χ2n) is 7.08. The Morgan fingerprint density at radius 1 is 1.16 bits per heavy atom. The van der Waals surface area contributed by atoms with Crippen molar-refractivity contribution in [1.29, 1.82) is 0 Å². The van der Waals surface area contributed by atoms with Gasteiger partial charge in [-0.2, -0.15) is 0 Å². The summed E-state index contributed by atoms with van der Waals surface area (Å²) in [6.07, 6.45) is 13.7. The van der Waals surface area contributed by atoms with E-state index in [9.17, 15) is 5.11 Å². The van der Waals surface area contributed by atoms with E-state index in [2.05, 4.69) is 42.0 Å². The van der Waals surface area contributed by atoms with Crippen LogP contribution in [0.3, 0.4) is 0 Å². The van der Waals surface area contributed by atoms with Crippen LogP contribution in [0.1, 0.15) is 69.4 Å². The first-order valence-corrected chi connectivity index (χ1v) is 9.50. The van der Waals surface area contributed by atoms with Gasteiger partial charge in [-0.05, 0) is 50.7 Å². The molecule has 0 amide bonds. The number of hydrogen-bond donors (Lipinski definition) is 1. The first-order chi connectivity index (χ1) is 12.2. The molecule has 3 nitrogen and oxygen atoms in total. The number of phenolic OH excluding ortho intramolecular Hbond substituents is 1. The topological polar surface area (TPSA) is 46.0 Å². The summed E-state index contributed by atoms with van der Waals surface area (Å²) in [5.41, 5.74) is 4.41. The van der Waals surface area contributed by atoms with E-state index in [-0.39, 0.29) is 0 Å². The van der Waals surface area contributed by atoms with Gasteiger partial charge in [-0.1, -0.05) is 43.5 Å². The van der Waals surface area contributed by atoms with Gasteiger partial charge in [0.1, 0.15) is 5.75 Å². The van der Waals surface area contributed by atoms with Gasteiger partial charge in [0.25, 0.3) is 0 Å². The molecule has 1 unspecified atom stereocenters. The summed E-state index contributed by atoms with van der Waals surface area (Å²) in [6, 6.07) is 6.10. The molecule has 1 aliphatic rings. The van der Waals surface area contributed by atoms with Gasteiger partial charge in [0.05, 0.1) is 5.56 Å². The number of unbranched alkanes of at least 4 members (excludes halogenated alkanes) is 2. The molecule has 1 aromatic carbocycles. The third-order valence-electron chi connectivity index (χ3n) is 5.11. The van der Waals surface area contributed by atoms with Crippen molar-refractivity contribution in [3.63, 3.8) is 0 Å². The van der Waals surface area contributed by atoms with Gasteiger partial charge in [-0.15, -0.1) is 0 Å². The summed E-state index contributed by atoms with van der Waals surface area (Å²) in [5, 5.41) is 11.1. The molecule has 0 fully saturated rings. The molecule has 1 aliphatic carbocycles. The molecule has 0 radical (unpaired) electrons. The van der Waals surface area contributed by atoms with E-state index < -0.39 is 0 Å². The highest BCUT2D eigenvalue weighted by Gasteiger charge is 2.22. The zero-order valence-electron chi connectivity index (χ0n) is 15.3. The summed E-state index contributed by atoms with van der Waals surface area (Å²) in [6.45, 7) is 4.39. The zero-order valence-corrected chi connectivity index (χ0v) is 15.3. The molecule has 1 heterocycles. The normalized spacial score (nSPS) is 17.4. The van der Waals surface area contributed by atoms with Gasteiger partial charge in [-0.3, -0.25) is 0 Å². The maximum absolute atomic E-state index is 11.1. The Balaban J connectivity index is 2.04. The Kier molecular flexibility index (Phi) is 5.85. The van der Waals surface area contributed by atoms with Crippen LogP contribution in [0, 0.1) is 0 Å². The second kappa shape index (κ2) is 8.28. The summed E-state index contributed by atoms with van der Waals surface area (Å²) >= 11 is 0. The van der Waals surface area contributed by atoms with Crippen LogP contribution >= 0.6 is 0 Å². The molecule has 0 bridgehead atoms. The van der Waals surface area contributed by atoms with Crippen molar-refractivity contribution in [3.8, 4) is 17.1 Å². The largest absolute Gasteiger partial charge is 0.507 e. The van der Waals surface area contributed by atoms with Gasteiger partial charge >= 0.3 is 0 Å². The third kappa shape index (κ3) is 4.09. The standard InChI is InChI=1S/C22H28N2O/c1-3-4-5-9-17-11-12-19(18-10-6-8-16(2)15-18)21(25)20(17)22-23-13-7-14-24-22/h7,11-15,18,25H,3-6,8-10H2,1-2H3. The minimum absolute atomic E-state index is 0.293. The fourth-order valence-corrected chi connectivity index (χ4v) is 3.76.